The van der Waals surface area contributed by atoms with Gasteiger partial charge in [0.1, 0.15) is 0 Å². The highest BCUT2D eigenvalue weighted by atomic mass is 32.2. The van der Waals surface area contributed by atoms with Gasteiger partial charge in [0.15, 0.2) is 0 Å². The predicted octanol–water partition coefficient (Wildman–Crippen LogP) is 4.18. The second-order valence-corrected chi connectivity index (χ2v) is 10.3. The Morgan fingerprint density at radius 1 is 1.52 bits per heavy atom. The lowest BCUT2D eigenvalue weighted by molar-refractivity contribution is -0.120. The first-order valence-corrected chi connectivity index (χ1v) is 10.8. The first kappa shape index (κ1) is 20.0. The van der Waals surface area contributed by atoms with E-state index in [1.165, 1.54) is 28.6 Å². The van der Waals surface area contributed by atoms with Crippen molar-refractivity contribution < 1.29 is 9.21 Å². The van der Waals surface area contributed by atoms with E-state index in [9.17, 15) is 4.79 Å². The zero-order valence-corrected chi connectivity index (χ0v) is 17.8. The largest absolute Gasteiger partial charge is 0.410 e. The van der Waals surface area contributed by atoms with Crippen LogP contribution in [0.25, 0.3) is 10.8 Å². The molecule has 5 nitrogen and oxygen atoms in total. The van der Waals surface area contributed by atoms with Gasteiger partial charge in [0.2, 0.25) is 5.91 Å². The number of aryl methyl sites for hydroxylation is 1. The van der Waals surface area contributed by atoms with Crippen LogP contribution in [0.3, 0.4) is 0 Å². The third-order valence-corrected chi connectivity index (χ3v) is 7.10. The Balaban J connectivity index is 1.68. The number of nitrogens with one attached hydrogen (secondary N) is 1. The standard InChI is InChI=1S/C20H25N3O2S2/c1-6-9-21-17(24)12(2)26-19-23-22-18(25-19)16-11-13-10-14(20(3,4)5)7-8-15(13)27-16/h1,11-12,14H,7-10H2,2-5H3,(H,21,24). The van der Waals surface area contributed by atoms with Gasteiger partial charge in [0.25, 0.3) is 11.1 Å². The Morgan fingerprint density at radius 2 is 2.30 bits per heavy atom. The molecule has 0 fully saturated rings. The van der Waals surface area contributed by atoms with Gasteiger partial charge in [-0.25, -0.2) is 0 Å². The predicted molar refractivity (Wildman–Crippen MR) is 110 cm³/mol. The van der Waals surface area contributed by atoms with Crippen molar-refractivity contribution >= 4 is 29.0 Å². The number of carbonyl (C=O) groups is 1. The minimum absolute atomic E-state index is 0.141. The van der Waals surface area contributed by atoms with Crippen molar-refractivity contribution in [3.05, 3.63) is 16.5 Å². The van der Waals surface area contributed by atoms with Gasteiger partial charge in [0.05, 0.1) is 16.7 Å². The van der Waals surface area contributed by atoms with Crippen LogP contribution in [0.4, 0.5) is 0 Å². The number of nitrogens with zero attached hydrogens (tertiary/aromatic N) is 2. The summed E-state index contributed by atoms with van der Waals surface area (Å²) in [4.78, 5) is 14.4. The molecule has 1 N–H and O–H groups in total. The minimum Gasteiger partial charge on any atom is -0.410 e. The molecule has 2 atom stereocenters. The molecular weight excluding hydrogens is 378 g/mol. The fourth-order valence-electron chi connectivity index (χ4n) is 3.21. The highest BCUT2D eigenvalue weighted by molar-refractivity contribution is 8.00. The Kier molecular flexibility index (Phi) is 5.97. The summed E-state index contributed by atoms with van der Waals surface area (Å²) in [5, 5.41) is 11.0. The van der Waals surface area contributed by atoms with E-state index in [1.54, 1.807) is 18.3 Å². The number of carbonyl (C=O) groups excluding carboxylic acids is 1. The second kappa shape index (κ2) is 8.07. The quantitative estimate of drug-likeness (QED) is 0.599. The maximum absolute atomic E-state index is 11.9. The zero-order chi connectivity index (χ0) is 19.6. The van der Waals surface area contributed by atoms with E-state index in [-0.39, 0.29) is 17.7 Å². The van der Waals surface area contributed by atoms with Crippen LogP contribution >= 0.6 is 23.1 Å². The van der Waals surface area contributed by atoms with Crippen molar-refractivity contribution in [2.45, 2.75) is 57.4 Å². The lowest BCUT2D eigenvalue weighted by atomic mass is 9.72. The lowest BCUT2D eigenvalue weighted by Crippen LogP contribution is -2.31. The molecule has 2 aromatic rings. The Hall–Kier alpha value is -1.78. The molecule has 0 aliphatic heterocycles. The molecule has 2 heterocycles. The summed E-state index contributed by atoms with van der Waals surface area (Å²) >= 11 is 2.98. The number of thioether (sulfide) groups is 1. The molecule has 1 aliphatic carbocycles. The topological polar surface area (TPSA) is 68.0 Å². The van der Waals surface area contributed by atoms with Crippen LogP contribution in [0, 0.1) is 23.7 Å². The number of hydrogen-bond acceptors (Lipinski definition) is 6. The number of terminal acetylenes is 1. The van der Waals surface area contributed by atoms with Gasteiger partial charge < -0.3 is 9.73 Å². The van der Waals surface area contributed by atoms with Crippen molar-refractivity contribution in [2.75, 3.05) is 6.54 Å². The normalized spacial score (nSPS) is 17.8. The Bertz CT molecular complexity index is 857. The molecule has 1 amide bonds. The lowest BCUT2D eigenvalue weighted by Gasteiger charge is -2.33. The van der Waals surface area contributed by atoms with Gasteiger partial charge in [-0.05, 0) is 49.1 Å². The van der Waals surface area contributed by atoms with Gasteiger partial charge in [0, 0.05) is 4.88 Å². The first-order chi connectivity index (χ1) is 12.8. The summed E-state index contributed by atoms with van der Waals surface area (Å²) in [6.07, 6.45) is 8.61. The minimum atomic E-state index is -0.351. The molecule has 2 unspecified atom stereocenters. The van der Waals surface area contributed by atoms with Crippen LogP contribution in [0.1, 0.15) is 44.6 Å². The summed E-state index contributed by atoms with van der Waals surface area (Å²) in [5.41, 5.74) is 1.74. The molecule has 1 aliphatic rings. The zero-order valence-electron chi connectivity index (χ0n) is 16.2. The van der Waals surface area contributed by atoms with Crippen molar-refractivity contribution in [3.8, 4) is 23.1 Å². The average Bonchev–Trinajstić information content (AvgIpc) is 3.24. The third-order valence-electron chi connectivity index (χ3n) is 4.94. The van der Waals surface area contributed by atoms with Crippen LogP contribution in [-0.4, -0.2) is 27.9 Å². The monoisotopic (exact) mass is 403 g/mol. The highest BCUT2D eigenvalue weighted by Gasteiger charge is 2.30. The SMILES string of the molecule is C#CCNC(=O)C(C)Sc1nnc(-c2cc3c(s2)CCC(C(C)(C)C)C3)o1. The number of aromatic nitrogens is 2. The summed E-state index contributed by atoms with van der Waals surface area (Å²) < 4.78 is 5.80. The summed E-state index contributed by atoms with van der Waals surface area (Å²) in [5.74, 6) is 3.47. The fraction of sp³-hybridized carbons (Fsp3) is 0.550. The van der Waals surface area contributed by atoms with E-state index >= 15 is 0 Å². The van der Waals surface area contributed by atoms with Crippen LogP contribution in [-0.2, 0) is 17.6 Å². The Morgan fingerprint density at radius 3 is 3.00 bits per heavy atom. The van der Waals surface area contributed by atoms with Gasteiger partial charge in [-0.15, -0.1) is 28.0 Å². The molecule has 3 rings (SSSR count). The van der Waals surface area contributed by atoms with Gasteiger partial charge in [-0.3, -0.25) is 4.79 Å². The summed E-state index contributed by atoms with van der Waals surface area (Å²) in [6.45, 7) is 8.96. The van der Waals surface area contributed by atoms with Gasteiger partial charge in [-0.2, -0.15) is 0 Å². The van der Waals surface area contributed by atoms with E-state index in [0.717, 1.165) is 17.7 Å². The molecule has 0 aromatic carbocycles. The molecular formula is C20H25N3O2S2. The van der Waals surface area contributed by atoms with Crippen molar-refractivity contribution in [3.63, 3.8) is 0 Å². The van der Waals surface area contributed by atoms with E-state index in [4.69, 9.17) is 10.8 Å². The first-order valence-electron chi connectivity index (χ1n) is 9.11. The maximum Gasteiger partial charge on any atom is 0.277 e. The summed E-state index contributed by atoms with van der Waals surface area (Å²) in [6, 6.07) is 2.20. The third kappa shape index (κ3) is 4.74. The van der Waals surface area contributed by atoms with E-state index in [1.807, 2.05) is 0 Å². The van der Waals surface area contributed by atoms with Crippen LogP contribution < -0.4 is 5.32 Å². The van der Waals surface area contributed by atoms with Gasteiger partial charge >= 0.3 is 0 Å². The molecule has 2 aromatic heterocycles. The molecule has 0 saturated heterocycles. The number of thiophene rings is 1. The maximum atomic E-state index is 11.9. The van der Waals surface area contributed by atoms with E-state index in [0.29, 0.717) is 22.4 Å². The molecule has 0 radical (unpaired) electrons. The molecule has 0 spiro atoms. The second-order valence-electron chi connectivity index (χ2n) is 7.92. The van der Waals surface area contributed by atoms with Crippen molar-refractivity contribution in [1.82, 2.24) is 15.5 Å². The summed E-state index contributed by atoms with van der Waals surface area (Å²) in [7, 11) is 0. The smallest absolute Gasteiger partial charge is 0.277 e. The van der Waals surface area contributed by atoms with Gasteiger partial charge in [-0.1, -0.05) is 38.5 Å². The molecule has 0 bridgehead atoms. The Labute approximate surface area is 168 Å². The van der Waals surface area contributed by atoms with Crippen molar-refractivity contribution in [1.29, 1.82) is 0 Å². The molecule has 27 heavy (non-hydrogen) atoms. The fourth-order valence-corrected chi connectivity index (χ4v) is 5.05. The highest BCUT2D eigenvalue weighted by Crippen LogP contribution is 2.42. The van der Waals surface area contributed by atoms with Crippen LogP contribution in [0.15, 0.2) is 15.7 Å². The molecule has 144 valence electrons. The van der Waals surface area contributed by atoms with Crippen molar-refractivity contribution in [2.24, 2.45) is 11.3 Å². The van der Waals surface area contributed by atoms with E-state index < -0.39 is 0 Å². The average molecular weight is 404 g/mol. The van der Waals surface area contributed by atoms with Crippen LogP contribution in [0.5, 0.6) is 0 Å². The van der Waals surface area contributed by atoms with Crippen LogP contribution in [0.2, 0.25) is 0 Å². The number of hydrogen-bond donors (Lipinski definition) is 1. The number of fused-ring (bicyclic) bond motifs is 1. The number of rotatable bonds is 5. The van der Waals surface area contributed by atoms with E-state index in [2.05, 4.69) is 48.3 Å². The number of amides is 1. The molecule has 0 saturated carbocycles. The molecule has 7 heteroatoms.